The minimum absolute atomic E-state index is 0.113. The number of halogens is 1. The summed E-state index contributed by atoms with van der Waals surface area (Å²) in [4.78, 5) is 24.4. The molecule has 0 bridgehead atoms. The van der Waals surface area contributed by atoms with Gasteiger partial charge in [0, 0.05) is 5.69 Å². The molecule has 5 heteroatoms. The first kappa shape index (κ1) is 17.1. The first-order valence-corrected chi connectivity index (χ1v) is 8.42. The second-order valence-corrected chi connectivity index (χ2v) is 6.15. The van der Waals surface area contributed by atoms with Crippen molar-refractivity contribution in [1.82, 2.24) is 0 Å². The van der Waals surface area contributed by atoms with E-state index >= 15 is 0 Å². The fourth-order valence-electron chi connectivity index (χ4n) is 2.86. The van der Waals surface area contributed by atoms with Crippen molar-refractivity contribution in [1.29, 1.82) is 0 Å². The Morgan fingerprint density at radius 1 is 1.12 bits per heavy atom. The molecule has 1 aliphatic carbocycles. The van der Waals surface area contributed by atoms with Gasteiger partial charge >= 0.3 is 5.97 Å². The lowest BCUT2D eigenvalue weighted by molar-refractivity contribution is -0.118. The molecule has 1 unspecified atom stereocenters. The van der Waals surface area contributed by atoms with Crippen LogP contribution in [-0.4, -0.2) is 18.5 Å². The summed E-state index contributed by atoms with van der Waals surface area (Å²) in [5.41, 5.74) is 1.88. The highest BCUT2D eigenvalue weighted by Crippen LogP contribution is 2.43. The SMILES string of the molecule is CCOC(=O)c1ccc(NC(=O)C(c2ccc(F)cc2)C2CC2)cc1. The van der Waals surface area contributed by atoms with Crippen molar-refractivity contribution in [2.45, 2.75) is 25.7 Å². The second kappa shape index (κ2) is 7.47. The van der Waals surface area contributed by atoms with Gasteiger partial charge in [-0.05, 0) is 67.6 Å². The van der Waals surface area contributed by atoms with E-state index in [1.54, 1.807) is 43.3 Å². The van der Waals surface area contributed by atoms with Crippen molar-refractivity contribution in [3.63, 3.8) is 0 Å². The number of carbonyl (C=O) groups is 2. The van der Waals surface area contributed by atoms with Gasteiger partial charge in [0.25, 0.3) is 0 Å². The van der Waals surface area contributed by atoms with Gasteiger partial charge < -0.3 is 10.1 Å². The normalized spacial score (nSPS) is 14.6. The zero-order valence-electron chi connectivity index (χ0n) is 14.0. The zero-order chi connectivity index (χ0) is 17.8. The predicted molar refractivity (Wildman–Crippen MR) is 92.9 cm³/mol. The van der Waals surface area contributed by atoms with E-state index in [0.29, 0.717) is 23.8 Å². The van der Waals surface area contributed by atoms with E-state index in [2.05, 4.69) is 5.32 Å². The number of ether oxygens (including phenoxy) is 1. The minimum atomic E-state index is -0.387. The molecule has 3 rings (SSSR count). The van der Waals surface area contributed by atoms with E-state index < -0.39 is 0 Å². The summed E-state index contributed by atoms with van der Waals surface area (Å²) < 4.78 is 18.1. The molecule has 2 aromatic carbocycles. The number of hydrogen-bond acceptors (Lipinski definition) is 3. The molecule has 1 atom stereocenters. The van der Waals surface area contributed by atoms with Gasteiger partial charge in [-0.3, -0.25) is 4.79 Å². The van der Waals surface area contributed by atoms with E-state index in [1.165, 1.54) is 12.1 Å². The summed E-state index contributed by atoms with van der Waals surface area (Å²) in [5, 5.41) is 2.89. The Kier molecular flexibility index (Phi) is 5.12. The largest absolute Gasteiger partial charge is 0.462 e. The first-order chi connectivity index (χ1) is 12.1. The van der Waals surface area contributed by atoms with Crippen LogP contribution in [0.5, 0.6) is 0 Å². The van der Waals surface area contributed by atoms with Crippen LogP contribution in [0.1, 0.15) is 41.6 Å². The van der Waals surface area contributed by atoms with E-state index in [9.17, 15) is 14.0 Å². The molecule has 1 amide bonds. The van der Waals surface area contributed by atoms with E-state index in [4.69, 9.17) is 4.74 Å². The Morgan fingerprint density at radius 3 is 2.32 bits per heavy atom. The predicted octanol–water partition coefficient (Wildman–Crippen LogP) is 4.13. The lowest BCUT2D eigenvalue weighted by Crippen LogP contribution is -2.22. The lowest BCUT2D eigenvalue weighted by Gasteiger charge is -2.17. The van der Waals surface area contributed by atoms with Crippen LogP contribution in [0.3, 0.4) is 0 Å². The highest BCUT2D eigenvalue weighted by Gasteiger charge is 2.37. The number of amides is 1. The fourth-order valence-corrected chi connectivity index (χ4v) is 2.86. The average molecular weight is 341 g/mol. The Balaban J connectivity index is 1.71. The Hall–Kier alpha value is -2.69. The van der Waals surface area contributed by atoms with Gasteiger partial charge in [0.2, 0.25) is 5.91 Å². The van der Waals surface area contributed by atoms with Crippen LogP contribution in [0.25, 0.3) is 0 Å². The molecule has 1 saturated carbocycles. The molecule has 0 aromatic heterocycles. The van der Waals surface area contributed by atoms with Gasteiger partial charge in [-0.2, -0.15) is 0 Å². The molecule has 0 radical (unpaired) electrons. The third-order valence-electron chi connectivity index (χ3n) is 4.27. The summed E-state index contributed by atoms with van der Waals surface area (Å²) in [7, 11) is 0. The minimum Gasteiger partial charge on any atom is -0.462 e. The highest BCUT2D eigenvalue weighted by molar-refractivity contribution is 5.97. The standard InChI is InChI=1S/C20H20FNO3/c1-2-25-20(24)15-7-11-17(12-8-15)22-19(23)18(13-3-4-13)14-5-9-16(21)10-6-14/h5-13,18H,2-4H2,1H3,(H,22,23). The van der Waals surface area contributed by atoms with E-state index in [-0.39, 0.29) is 23.6 Å². The van der Waals surface area contributed by atoms with Gasteiger partial charge in [-0.1, -0.05) is 12.1 Å². The van der Waals surface area contributed by atoms with Gasteiger partial charge in [-0.25, -0.2) is 9.18 Å². The number of nitrogens with one attached hydrogen (secondary N) is 1. The molecule has 130 valence electrons. The average Bonchev–Trinajstić information content (AvgIpc) is 3.42. The number of anilines is 1. The summed E-state index contributed by atoms with van der Waals surface area (Å²) in [6.07, 6.45) is 1.99. The van der Waals surface area contributed by atoms with Crippen molar-refractivity contribution < 1.29 is 18.7 Å². The lowest BCUT2D eigenvalue weighted by atomic mass is 9.93. The molecule has 25 heavy (non-hydrogen) atoms. The van der Waals surface area contributed by atoms with Gasteiger partial charge in [0.1, 0.15) is 5.82 Å². The van der Waals surface area contributed by atoms with Gasteiger partial charge in [0.05, 0.1) is 18.1 Å². The van der Waals surface area contributed by atoms with Crippen LogP contribution in [0.2, 0.25) is 0 Å². The molecule has 1 aliphatic rings. The maximum atomic E-state index is 13.1. The van der Waals surface area contributed by atoms with Crippen molar-refractivity contribution in [3.05, 3.63) is 65.5 Å². The van der Waals surface area contributed by atoms with Crippen LogP contribution < -0.4 is 5.32 Å². The number of rotatable bonds is 6. The van der Waals surface area contributed by atoms with Crippen LogP contribution in [0, 0.1) is 11.7 Å². The van der Waals surface area contributed by atoms with Crippen molar-refractivity contribution in [3.8, 4) is 0 Å². The number of benzene rings is 2. The Labute approximate surface area is 146 Å². The zero-order valence-corrected chi connectivity index (χ0v) is 14.0. The summed E-state index contributed by atoms with van der Waals surface area (Å²) in [6.45, 7) is 2.07. The van der Waals surface area contributed by atoms with Gasteiger partial charge in [0.15, 0.2) is 0 Å². The maximum absolute atomic E-state index is 13.1. The molecule has 0 saturated heterocycles. The van der Waals surface area contributed by atoms with Crippen LogP contribution in [0.15, 0.2) is 48.5 Å². The van der Waals surface area contributed by atoms with Crippen molar-refractivity contribution in [2.24, 2.45) is 5.92 Å². The molecule has 1 N–H and O–H groups in total. The van der Waals surface area contributed by atoms with Crippen LogP contribution >= 0.6 is 0 Å². The molecular weight excluding hydrogens is 321 g/mol. The highest BCUT2D eigenvalue weighted by atomic mass is 19.1. The molecule has 2 aromatic rings. The molecule has 0 spiro atoms. The number of hydrogen-bond donors (Lipinski definition) is 1. The Morgan fingerprint density at radius 2 is 1.76 bits per heavy atom. The summed E-state index contributed by atoms with van der Waals surface area (Å²) in [6, 6.07) is 12.7. The maximum Gasteiger partial charge on any atom is 0.338 e. The molecule has 0 heterocycles. The molecular formula is C20H20FNO3. The number of carbonyl (C=O) groups excluding carboxylic acids is 2. The fraction of sp³-hybridized carbons (Fsp3) is 0.300. The second-order valence-electron chi connectivity index (χ2n) is 6.15. The summed E-state index contributed by atoms with van der Waals surface area (Å²) >= 11 is 0. The Bertz CT molecular complexity index is 752. The summed E-state index contributed by atoms with van der Waals surface area (Å²) in [5.74, 6) is -0.802. The van der Waals surface area contributed by atoms with Crippen molar-refractivity contribution >= 4 is 17.6 Å². The van der Waals surface area contributed by atoms with Crippen molar-refractivity contribution in [2.75, 3.05) is 11.9 Å². The monoisotopic (exact) mass is 341 g/mol. The third kappa shape index (κ3) is 4.24. The van der Waals surface area contributed by atoms with E-state index in [1.807, 2.05) is 0 Å². The smallest absolute Gasteiger partial charge is 0.338 e. The van der Waals surface area contributed by atoms with E-state index in [0.717, 1.165) is 18.4 Å². The number of esters is 1. The molecule has 4 nitrogen and oxygen atoms in total. The van der Waals surface area contributed by atoms with Crippen LogP contribution in [0.4, 0.5) is 10.1 Å². The first-order valence-electron chi connectivity index (χ1n) is 8.42. The topological polar surface area (TPSA) is 55.4 Å². The molecule has 0 aliphatic heterocycles. The van der Waals surface area contributed by atoms with Gasteiger partial charge in [-0.15, -0.1) is 0 Å². The quantitative estimate of drug-likeness (QED) is 0.804. The molecule has 1 fully saturated rings. The van der Waals surface area contributed by atoms with Crippen LogP contribution in [-0.2, 0) is 9.53 Å². The third-order valence-corrected chi connectivity index (χ3v) is 4.27.